The highest BCUT2D eigenvalue weighted by atomic mass is 19.4. The van der Waals surface area contributed by atoms with Crippen LogP contribution in [0.4, 0.5) is 13.2 Å². The SMILES string of the molecule is CCc1c(Cn2cc(/C=C(\C#N)C(C)=O)c3cccnc32)cccc1C(F)(F)F. The molecule has 0 saturated heterocycles. The van der Waals surface area contributed by atoms with Crippen LogP contribution in [0.3, 0.4) is 0 Å². The molecule has 1 aromatic carbocycles. The van der Waals surface area contributed by atoms with Crippen LogP contribution in [0.25, 0.3) is 17.1 Å². The number of nitriles is 1. The maximum absolute atomic E-state index is 13.4. The lowest BCUT2D eigenvalue weighted by Gasteiger charge is -2.16. The summed E-state index contributed by atoms with van der Waals surface area (Å²) in [4.78, 5) is 16.0. The molecule has 3 aromatic rings. The first-order valence-electron chi connectivity index (χ1n) is 9.00. The number of halogens is 3. The number of allylic oxidation sites excluding steroid dienone is 1. The van der Waals surface area contributed by atoms with E-state index in [-0.39, 0.29) is 29.9 Å². The van der Waals surface area contributed by atoms with Crippen molar-refractivity contribution >= 4 is 22.9 Å². The standard InChI is InChI=1S/C22H18F3N3O/c1-3-18-15(6-4-8-20(18)22(23,24)25)12-28-13-17(10-16(11-26)14(2)29)19-7-5-9-27-21(19)28/h4-10,13H,3,12H2,1-2H3/b16-10+. The highest BCUT2D eigenvalue weighted by Gasteiger charge is 2.33. The van der Waals surface area contributed by atoms with Crippen LogP contribution in [0.15, 0.2) is 48.3 Å². The number of hydrogen-bond acceptors (Lipinski definition) is 3. The molecule has 0 bridgehead atoms. The molecule has 7 heteroatoms. The smallest absolute Gasteiger partial charge is 0.327 e. The number of hydrogen-bond donors (Lipinski definition) is 0. The molecule has 2 aromatic heterocycles. The van der Waals surface area contributed by atoms with Crippen LogP contribution in [0, 0.1) is 11.3 Å². The van der Waals surface area contributed by atoms with Gasteiger partial charge in [-0.2, -0.15) is 18.4 Å². The van der Waals surface area contributed by atoms with Gasteiger partial charge in [0.25, 0.3) is 0 Å². The summed E-state index contributed by atoms with van der Waals surface area (Å²) in [5.41, 5.74) is 1.35. The zero-order chi connectivity index (χ0) is 21.2. The van der Waals surface area contributed by atoms with E-state index in [0.717, 1.165) is 6.07 Å². The van der Waals surface area contributed by atoms with Crippen molar-refractivity contribution in [2.75, 3.05) is 0 Å². The number of fused-ring (bicyclic) bond motifs is 1. The monoisotopic (exact) mass is 397 g/mol. The molecule has 29 heavy (non-hydrogen) atoms. The quantitative estimate of drug-likeness (QED) is 0.441. The minimum Gasteiger partial charge on any atom is -0.327 e. The van der Waals surface area contributed by atoms with Crippen LogP contribution in [0.5, 0.6) is 0 Å². The molecule has 0 atom stereocenters. The zero-order valence-corrected chi connectivity index (χ0v) is 15.9. The first-order chi connectivity index (χ1) is 13.8. The Morgan fingerprint density at radius 1 is 1.28 bits per heavy atom. The minimum atomic E-state index is -4.42. The molecule has 0 aliphatic carbocycles. The first kappa shape index (κ1) is 20.3. The van der Waals surface area contributed by atoms with Gasteiger partial charge in [-0.3, -0.25) is 4.79 Å². The number of ketones is 1. The van der Waals surface area contributed by atoms with Gasteiger partial charge in [-0.15, -0.1) is 0 Å². The highest BCUT2D eigenvalue weighted by molar-refractivity contribution is 6.03. The number of rotatable bonds is 5. The molecular weight excluding hydrogens is 379 g/mol. The number of carbonyl (C=O) groups is 1. The number of pyridine rings is 1. The molecule has 3 rings (SSSR count). The molecule has 4 nitrogen and oxygen atoms in total. The van der Waals surface area contributed by atoms with Gasteiger partial charge in [-0.25, -0.2) is 4.98 Å². The first-order valence-corrected chi connectivity index (χ1v) is 9.00. The Morgan fingerprint density at radius 2 is 2.03 bits per heavy atom. The van der Waals surface area contributed by atoms with Gasteiger partial charge in [0.2, 0.25) is 0 Å². The van der Waals surface area contributed by atoms with E-state index in [9.17, 15) is 23.2 Å². The van der Waals surface area contributed by atoms with Crippen molar-refractivity contribution in [3.63, 3.8) is 0 Å². The number of alkyl halides is 3. The van der Waals surface area contributed by atoms with Gasteiger partial charge in [-0.1, -0.05) is 19.1 Å². The molecule has 0 aliphatic heterocycles. The summed E-state index contributed by atoms with van der Waals surface area (Å²) in [7, 11) is 0. The number of nitrogens with zero attached hydrogens (tertiary/aromatic N) is 3. The Balaban J connectivity index is 2.14. The van der Waals surface area contributed by atoms with E-state index in [1.165, 1.54) is 19.1 Å². The van der Waals surface area contributed by atoms with Crippen LogP contribution in [0.1, 0.15) is 36.1 Å². The summed E-state index contributed by atoms with van der Waals surface area (Å²) >= 11 is 0. The van der Waals surface area contributed by atoms with Gasteiger partial charge in [0.1, 0.15) is 11.7 Å². The molecular formula is C22H18F3N3O. The van der Waals surface area contributed by atoms with Crippen LogP contribution in [-0.4, -0.2) is 15.3 Å². The van der Waals surface area contributed by atoms with Gasteiger partial charge >= 0.3 is 6.18 Å². The van der Waals surface area contributed by atoms with E-state index in [1.807, 2.05) is 6.07 Å². The molecule has 0 radical (unpaired) electrons. The van der Waals surface area contributed by atoms with Crippen molar-refractivity contribution in [3.8, 4) is 6.07 Å². The van der Waals surface area contributed by atoms with E-state index in [1.54, 1.807) is 42.1 Å². The molecule has 0 fully saturated rings. The second-order valence-corrected chi connectivity index (χ2v) is 6.61. The number of carbonyl (C=O) groups excluding carboxylic acids is 1. The topological polar surface area (TPSA) is 58.7 Å². The summed E-state index contributed by atoms with van der Waals surface area (Å²) in [6.07, 6.45) is 0.603. The fourth-order valence-electron chi connectivity index (χ4n) is 3.40. The lowest BCUT2D eigenvalue weighted by Crippen LogP contribution is -2.12. The van der Waals surface area contributed by atoms with Crippen molar-refractivity contribution in [2.45, 2.75) is 33.0 Å². The van der Waals surface area contributed by atoms with Crippen molar-refractivity contribution in [1.82, 2.24) is 9.55 Å². The fourth-order valence-corrected chi connectivity index (χ4v) is 3.40. The highest BCUT2D eigenvalue weighted by Crippen LogP contribution is 2.34. The predicted octanol–water partition coefficient (Wildman–Crippen LogP) is 5.16. The average Bonchev–Trinajstić information content (AvgIpc) is 3.02. The second kappa shape index (κ2) is 7.92. The minimum absolute atomic E-state index is 0.00113. The summed E-state index contributed by atoms with van der Waals surface area (Å²) in [5, 5.41) is 9.89. The lowest BCUT2D eigenvalue weighted by atomic mass is 9.98. The summed E-state index contributed by atoms with van der Waals surface area (Å²) in [6.45, 7) is 3.19. The molecule has 0 unspecified atom stereocenters. The van der Waals surface area contributed by atoms with E-state index in [2.05, 4.69) is 4.98 Å². The van der Waals surface area contributed by atoms with Crippen molar-refractivity contribution in [1.29, 1.82) is 5.26 Å². The van der Waals surface area contributed by atoms with Crippen LogP contribution < -0.4 is 0 Å². The van der Waals surface area contributed by atoms with Gasteiger partial charge in [-0.05, 0) is 48.7 Å². The number of Topliss-reactive ketones (excluding diaryl/α,β-unsaturated/α-hetero) is 1. The fraction of sp³-hybridized carbons (Fsp3) is 0.227. The van der Waals surface area contributed by atoms with Gasteiger partial charge in [0, 0.05) is 29.9 Å². The number of benzene rings is 1. The number of aromatic nitrogens is 2. The Bertz CT molecular complexity index is 1150. The summed E-state index contributed by atoms with van der Waals surface area (Å²) in [5.74, 6) is -0.358. The van der Waals surface area contributed by atoms with Crippen molar-refractivity contribution in [2.24, 2.45) is 0 Å². The Morgan fingerprint density at radius 3 is 2.66 bits per heavy atom. The molecule has 0 N–H and O–H groups in total. The third-order valence-corrected chi connectivity index (χ3v) is 4.74. The van der Waals surface area contributed by atoms with Crippen LogP contribution in [0.2, 0.25) is 0 Å². The van der Waals surface area contributed by atoms with Crippen LogP contribution >= 0.6 is 0 Å². The van der Waals surface area contributed by atoms with Crippen LogP contribution in [-0.2, 0) is 23.9 Å². The van der Waals surface area contributed by atoms with Crippen molar-refractivity contribution in [3.05, 3.63) is 70.6 Å². The second-order valence-electron chi connectivity index (χ2n) is 6.61. The zero-order valence-electron chi connectivity index (χ0n) is 15.9. The van der Waals surface area contributed by atoms with Crippen molar-refractivity contribution < 1.29 is 18.0 Å². The van der Waals surface area contributed by atoms with E-state index in [0.29, 0.717) is 22.2 Å². The molecule has 0 saturated carbocycles. The maximum atomic E-state index is 13.4. The summed E-state index contributed by atoms with van der Waals surface area (Å²) in [6, 6.07) is 9.57. The predicted molar refractivity (Wildman–Crippen MR) is 104 cm³/mol. The largest absolute Gasteiger partial charge is 0.416 e. The van der Waals surface area contributed by atoms with Gasteiger partial charge in [0.15, 0.2) is 5.78 Å². The van der Waals surface area contributed by atoms with E-state index < -0.39 is 11.7 Å². The third-order valence-electron chi connectivity index (χ3n) is 4.74. The Hall–Kier alpha value is -3.40. The van der Waals surface area contributed by atoms with E-state index >= 15 is 0 Å². The molecule has 0 spiro atoms. The molecule has 0 aliphatic rings. The normalized spacial score (nSPS) is 12.2. The Kier molecular flexibility index (Phi) is 5.55. The summed E-state index contributed by atoms with van der Waals surface area (Å²) < 4.78 is 41.9. The van der Waals surface area contributed by atoms with Gasteiger partial charge in [0.05, 0.1) is 11.1 Å². The lowest BCUT2D eigenvalue weighted by molar-refractivity contribution is -0.138. The molecule has 0 amide bonds. The third kappa shape index (κ3) is 4.06. The Labute approximate surface area is 165 Å². The van der Waals surface area contributed by atoms with Gasteiger partial charge < -0.3 is 4.57 Å². The maximum Gasteiger partial charge on any atom is 0.416 e. The average molecular weight is 397 g/mol. The molecule has 2 heterocycles. The molecule has 148 valence electrons. The van der Waals surface area contributed by atoms with E-state index in [4.69, 9.17) is 0 Å².